The SMILES string of the molecule is CC(C)c1ccc([C@H](C)CC(=O)N2CCS(=O)CC2)cc1. The molecule has 1 heterocycles. The van der Waals surface area contributed by atoms with Crippen molar-refractivity contribution in [2.75, 3.05) is 24.6 Å². The third-order valence-electron chi connectivity index (χ3n) is 4.18. The van der Waals surface area contributed by atoms with E-state index in [1.54, 1.807) is 0 Å². The Balaban J connectivity index is 1.92. The standard InChI is InChI=1S/C17H25NO2S/c1-13(2)15-4-6-16(7-5-15)14(3)12-17(19)18-8-10-21(20)11-9-18/h4-7,13-14H,8-12H2,1-3H3/t14-/m1/s1. The highest BCUT2D eigenvalue weighted by atomic mass is 32.2. The van der Waals surface area contributed by atoms with E-state index >= 15 is 0 Å². The van der Waals surface area contributed by atoms with Crippen LogP contribution in [0.25, 0.3) is 0 Å². The summed E-state index contributed by atoms with van der Waals surface area (Å²) in [4.78, 5) is 14.2. The molecule has 1 atom stereocenters. The van der Waals surface area contributed by atoms with E-state index in [0.29, 0.717) is 36.9 Å². The molecule has 0 radical (unpaired) electrons. The van der Waals surface area contributed by atoms with Crippen LogP contribution in [0, 0.1) is 0 Å². The average Bonchev–Trinajstić information content (AvgIpc) is 2.47. The van der Waals surface area contributed by atoms with E-state index in [2.05, 4.69) is 45.0 Å². The lowest BCUT2D eigenvalue weighted by Gasteiger charge is -2.27. The van der Waals surface area contributed by atoms with E-state index in [9.17, 15) is 9.00 Å². The Morgan fingerprint density at radius 1 is 1.10 bits per heavy atom. The minimum absolute atomic E-state index is 0.187. The van der Waals surface area contributed by atoms with Gasteiger partial charge in [-0.05, 0) is 23.0 Å². The van der Waals surface area contributed by atoms with Gasteiger partial charge in [-0.3, -0.25) is 9.00 Å². The Labute approximate surface area is 130 Å². The lowest BCUT2D eigenvalue weighted by atomic mass is 9.94. The van der Waals surface area contributed by atoms with Crippen molar-refractivity contribution in [2.45, 2.75) is 39.0 Å². The molecular formula is C17H25NO2S. The predicted octanol–water partition coefficient (Wildman–Crippen LogP) is 2.89. The fourth-order valence-corrected chi connectivity index (χ4v) is 3.66. The summed E-state index contributed by atoms with van der Waals surface area (Å²) >= 11 is 0. The van der Waals surface area contributed by atoms with Crippen LogP contribution in [-0.4, -0.2) is 39.6 Å². The summed E-state index contributed by atoms with van der Waals surface area (Å²) in [6.45, 7) is 7.75. The van der Waals surface area contributed by atoms with Gasteiger partial charge in [-0.1, -0.05) is 45.0 Å². The number of benzene rings is 1. The zero-order chi connectivity index (χ0) is 15.4. The Bertz CT molecular complexity index is 500. The van der Waals surface area contributed by atoms with Gasteiger partial charge in [0.05, 0.1) is 0 Å². The first-order valence-corrected chi connectivity index (χ1v) is 9.18. The molecule has 1 aromatic carbocycles. The Hall–Kier alpha value is -1.16. The molecule has 1 fully saturated rings. The van der Waals surface area contributed by atoms with E-state index in [0.717, 1.165) is 0 Å². The van der Waals surface area contributed by atoms with Gasteiger partial charge in [-0.2, -0.15) is 0 Å². The number of amides is 1. The molecule has 4 heteroatoms. The topological polar surface area (TPSA) is 37.4 Å². The van der Waals surface area contributed by atoms with Gasteiger partial charge < -0.3 is 4.90 Å². The molecule has 1 aromatic rings. The zero-order valence-corrected chi connectivity index (χ0v) is 14.0. The number of carbonyl (C=O) groups is 1. The fourth-order valence-electron chi connectivity index (χ4n) is 2.61. The third-order valence-corrected chi connectivity index (χ3v) is 5.46. The quantitative estimate of drug-likeness (QED) is 0.858. The average molecular weight is 307 g/mol. The van der Waals surface area contributed by atoms with Gasteiger partial charge in [0, 0.05) is 41.8 Å². The molecule has 1 aliphatic heterocycles. The van der Waals surface area contributed by atoms with Crippen molar-refractivity contribution in [1.82, 2.24) is 4.90 Å². The van der Waals surface area contributed by atoms with Gasteiger partial charge in [0.15, 0.2) is 0 Å². The summed E-state index contributed by atoms with van der Waals surface area (Å²) in [5.41, 5.74) is 2.55. The highest BCUT2D eigenvalue weighted by molar-refractivity contribution is 7.85. The lowest BCUT2D eigenvalue weighted by Crippen LogP contribution is -2.42. The van der Waals surface area contributed by atoms with Crippen LogP contribution in [0.15, 0.2) is 24.3 Å². The Morgan fingerprint density at radius 3 is 2.14 bits per heavy atom. The van der Waals surface area contributed by atoms with Crippen LogP contribution in [-0.2, 0) is 15.6 Å². The summed E-state index contributed by atoms with van der Waals surface area (Å²) in [6, 6.07) is 8.59. The van der Waals surface area contributed by atoms with Gasteiger partial charge in [0.2, 0.25) is 5.91 Å². The van der Waals surface area contributed by atoms with Crippen LogP contribution >= 0.6 is 0 Å². The molecule has 1 aliphatic rings. The van der Waals surface area contributed by atoms with Crippen LogP contribution in [0.5, 0.6) is 0 Å². The molecular weight excluding hydrogens is 282 g/mol. The van der Waals surface area contributed by atoms with Crippen LogP contribution in [0.4, 0.5) is 0 Å². The molecule has 3 nitrogen and oxygen atoms in total. The van der Waals surface area contributed by atoms with Crippen molar-refractivity contribution in [3.05, 3.63) is 35.4 Å². The van der Waals surface area contributed by atoms with Crippen molar-refractivity contribution in [3.8, 4) is 0 Å². The van der Waals surface area contributed by atoms with Crippen LogP contribution in [0.2, 0.25) is 0 Å². The second-order valence-corrected chi connectivity index (χ2v) is 7.85. The summed E-state index contributed by atoms with van der Waals surface area (Å²) < 4.78 is 11.3. The van der Waals surface area contributed by atoms with Gasteiger partial charge >= 0.3 is 0 Å². The highest BCUT2D eigenvalue weighted by Crippen LogP contribution is 2.23. The molecule has 0 N–H and O–H groups in total. The number of rotatable bonds is 4. The first-order valence-electron chi connectivity index (χ1n) is 7.70. The smallest absolute Gasteiger partial charge is 0.223 e. The number of nitrogens with zero attached hydrogens (tertiary/aromatic N) is 1. The molecule has 116 valence electrons. The fraction of sp³-hybridized carbons (Fsp3) is 0.588. The molecule has 0 aromatic heterocycles. The minimum Gasteiger partial charge on any atom is -0.341 e. The second kappa shape index (κ2) is 7.21. The molecule has 0 unspecified atom stereocenters. The normalized spacial score (nSPS) is 18.0. The van der Waals surface area contributed by atoms with E-state index in [1.165, 1.54) is 11.1 Å². The third kappa shape index (κ3) is 4.40. The summed E-state index contributed by atoms with van der Waals surface area (Å²) in [6.07, 6.45) is 0.535. The first-order chi connectivity index (χ1) is 9.97. The Morgan fingerprint density at radius 2 is 1.62 bits per heavy atom. The lowest BCUT2D eigenvalue weighted by molar-refractivity contribution is -0.131. The summed E-state index contributed by atoms with van der Waals surface area (Å²) in [5.74, 6) is 2.20. The molecule has 2 rings (SSSR count). The van der Waals surface area contributed by atoms with E-state index in [-0.39, 0.29) is 11.8 Å². The maximum absolute atomic E-state index is 12.3. The number of hydrogen-bond donors (Lipinski definition) is 0. The van der Waals surface area contributed by atoms with Crippen molar-refractivity contribution in [2.24, 2.45) is 0 Å². The maximum atomic E-state index is 12.3. The zero-order valence-electron chi connectivity index (χ0n) is 13.2. The molecule has 0 spiro atoms. The molecule has 1 amide bonds. The van der Waals surface area contributed by atoms with E-state index in [1.807, 2.05) is 4.90 Å². The first kappa shape index (κ1) is 16.2. The number of carbonyl (C=O) groups excluding carboxylic acids is 1. The van der Waals surface area contributed by atoms with E-state index in [4.69, 9.17) is 0 Å². The predicted molar refractivity (Wildman–Crippen MR) is 88.0 cm³/mol. The Kier molecular flexibility index (Phi) is 5.57. The second-order valence-electron chi connectivity index (χ2n) is 6.16. The van der Waals surface area contributed by atoms with Crippen molar-refractivity contribution < 1.29 is 9.00 Å². The van der Waals surface area contributed by atoms with Crippen molar-refractivity contribution in [1.29, 1.82) is 0 Å². The van der Waals surface area contributed by atoms with Crippen molar-refractivity contribution >= 4 is 16.7 Å². The van der Waals surface area contributed by atoms with Crippen LogP contribution in [0.3, 0.4) is 0 Å². The minimum atomic E-state index is -0.727. The highest BCUT2D eigenvalue weighted by Gasteiger charge is 2.22. The number of hydrogen-bond acceptors (Lipinski definition) is 2. The molecule has 1 saturated heterocycles. The largest absolute Gasteiger partial charge is 0.341 e. The summed E-state index contributed by atoms with van der Waals surface area (Å²) in [7, 11) is -0.727. The van der Waals surface area contributed by atoms with Crippen LogP contribution in [0.1, 0.15) is 50.2 Å². The van der Waals surface area contributed by atoms with E-state index < -0.39 is 10.8 Å². The maximum Gasteiger partial charge on any atom is 0.223 e. The molecule has 0 saturated carbocycles. The van der Waals surface area contributed by atoms with Gasteiger partial charge in [0.1, 0.15) is 0 Å². The molecule has 21 heavy (non-hydrogen) atoms. The van der Waals surface area contributed by atoms with Crippen LogP contribution < -0.4 is 0 Å². The van der Waals surface area contributed by atoms with Gasteiger partial charge in [0.25, 0.3) is 0 Å². The van der Waals surface area contributed by atoms with Crippen molar-refractivity contribution in [3.63, 3.8) is 0 Å². The monoisotopic (exact) mass is 307 g/mol. The molecule has 0 aliphatic carbocycles. The summed E-state index contributed by atoms with van der Waals surface area (Å²) in [5, 5.41) is 0. The van der Waals surface area contributed by atoms with Gasteiger partial charge in [-0.25, -0.2) is 0 Å². The molecule has 0 bridgehead atoms. The van der Waals surface area contributed by atoms with Gasteiger partial charge in [-0.15, -0.1) is 0 Å².